The Morgan fingerprint density at radius 1 is 1.20 bits per heavy atom. The Morgan fingerprint density at radius 3 is 2.33 bits per heavy atom. The summed E-state index contributed by atoms with van der Waals surface area (Å²) in [5.41, 5.74) is 1.24. The van der Waals surface area contributed by atoms with Gasteiger partial charge in [0, 0.05) is 5.41 Å². The molecular formula is C13H19NO. The molecule has 0 bridgehead atoms. The smallest absolute Gasteiger partial charge is 0.0609 e. The van der Waals surface area contributed by atoms with Crippen molar-refractivity contribution >= 4 is 0 Å². The number of aliphatic hydroxyl groups is 1. The molecule has 0 amide bonds. The minimum Gasteiger partial charge on any atom is -0.392 e. The predicted octanol–water partition coefficient (Wildman–Crippen LogP) is 1.69. The van der Waals surface area contributed by atoms with Crippen molar-refractivity contribution in [3.8, 4) is 0 Å². The minimum atomic E-state index is -0.276. The van der Waals surface area contributed by atoms with E-state index in [-0.39, 0.29) is 11.5 Å². The summed E-state index contributed by atoms with van der Waals surface area (Å²) in [7, 11) is 0. The first-order valence-corrected chi connectivity index (χ1v) is 5.70. The van der Waals surface area contributed by atoms with Crippen LogP contribution in [0.2, 0.25) is 0 Å². The van der Waals surface area contributed by atoms with E-state index in [4.69, 9.17) is 0 Å². The van der Waals surface area contributed by atoms with Crippen LogP contribution in [-0.4, -0.2) is 24.3 Å². The molecule has 0 aromatic heterocycles. The number of piperidine rings is 1. The SMILES string of the molecule is CC(O)C1(c2ccccc2)CCNCC1. The van der Waals surface area contributed by atoms with E-state index in [2.05, 4.69) is 29.6 Å². The zero-order valence-corrected chi connectivity index (χ0v) is 9.24. The largest absolute Gasteiger partial charge is 0.392 e. The first-order chi connectivity index (χ1) is 7.26. The van der Waals surface area contributed by atoms with Crippen LogP contribution in [0.25, 0.3) is 0 Å². The number of hydrogen-bond acceptors (Lipinski definition) is 2. The maximum atomic E-state index is 10.1. The maximum absolute atomic E-state index is 10.1. The molecule has 1 atom stereocenters. The maximum Gasteiger partial charge on any atom is 0.0609 e. The van der Waals surface area contributed by atoms with Crippen LogP contribution in [0.15, 0.2) is 30.3 Å². The highest BCUT2D eigenvalue weighted by Crippen LogP contribution is 2.36. The fourth-order valence-electron chi connectivity index (χ4n) is 2.59. The lowest BCUT2D eigenvalue weighted by Gasteiger charge is -2.40. The van der Waals surface area contributed by atoms with Gasteiger partial charge in [-0.1, -0.05) is 30.3 Å². The summed E-state index contributed by atoms with van der Waals surface area (Å²) in [5.74, 6) is 0. The van der Waals surface area contributed by atoms with Crippen molar-refractivity contribution in [2.24, 2.45) is 0 Å². The number of rotatable bonds is 2. The normalized spacial score (nSPS) is 22.3. The molecule has 1 aromatic carbocycles. The van der Waals surface area contributed by atoms with Crippen molar-refractivity contribution in [2.45, 2.75) is 31.3 Å². The summed E-state index contributed by atoms with van der Waals surface area (Å²) in [6, 6.07) is 10.4. The van der Waals surface area contributed by atoms with Crippen molar-refractivity contribution in [1.29, 1.82) is 0 Å². The van der Waals surface area contributed by atoms with Crippen LogP contribution in [0.3, 0.4) is 0 Å². The van der Waals surface area contributed by atoms with Crippen molar-refractivity contribution in [3.63, 3.8) is 0 Å². The van der Waals surface area contributed by atoms with Gasteiger partial charge in [-0.05, 0) is 38.4 Å². The predicted molar refractivity (Wildman–Crippen MR) is 61.9 cm³/mol. The van der Waals surface area contributed by atoms with Crippen LogP contribution in [0.1, 0.15) is 25.3 Å². The third-order valence-electron chi connectivity index (χ3n) is 3.64. The number of benzene rings is 1. The lowest BCUT2D eigenvalue weighted by Crippen LogP contribution is -2.46. The van der Waals surface area contributed by atoms with Gasteiger partial charge >= 0.3 is 0 Å². The van der Waals surface area contributed by atoms with Gasteiger partial charge in [0.25, 0.3) is 0 Å². The van der Waals surface area contributed by atoms with Crippen LogP contribution < -0.4 is 5.32 Å². The minimum absolute atomic E-state index is 0.0352. The zero-order valence-electron chi connectivity index (χ0n) is 9.24. The van der Waals surface area contributed by atoms with E-state index in [9.17, 15) is 5.11 Å². The molecule has 2 nitrogen and oxygen atoms in total. The molecule has 2 heteroatoms. The first kappa shape index (κ1) is 10.7. The van der Waals surface area contributed by atoms with Gasteiger partial charge in [0.2, 0.25) is 0 Å². The first-order valence-electron chi connectivity index (χ1n) is 5.70. The molecule has 0 saturated carbocycles. The van der Waals surface area contributed by atoms with Gasteiger partial charge < -0.3 is 10.4 Å². The summed E-state index contributed by atoms with van der Waals surface area (Å²) >= 11 is 0. The summed E-state index contributed by atoms with van der Waals surface area (Å²) in [4.78, 5) is 0. The molecule has 0 spiro atoms. The number of hydrogen-bond donors (Lipinski definition) is 2. The van der Waals surface area contributed by atoms with Crippen LogP contribution >= 0.6 is 0 Å². The second-order valence-corrected chi connectivity index (χ2v) is 4.45. The lowest BCUT2D eigenvalue weighted by atomic mass is 9.69. The van der Waals surface area contributed by atoms with Crippen molar-refractivity contribution < 1.29 is 5.11 Å². The van der Waals surface area contributed by atoms with Gasteiger partial charge in [0.1, 0.15) is 0 Å². The third-order valence-corrected chi connectivity index (χ3v) is 3.64. The third kappa shape index (κ3) is 1.92. The summed E-state index contributed by atoms with van der Waals surface area (Å²) in [6.45, 7) is 3.91. The van der Waals surface area contributed by atoms with Crippen molar-refractivity contribution in [2.75, 3.05) is 13.1 Å². The molecular weight excluding hydrogens is 186 g/mol. The second kappa shape index (κ2) is 4.33. The monoisotopic (exact) mass is 205 g/mol. The molecule has 1 saturated heterocycles. The van der Waals surface area contributed by atoms with E-state index in [1.807, 2.05) is 13.0 Å². The van der Waals surface area contributed by atoms with Crippen LogP contribution in [-0.2, 0) is 5.41 Å². The Morgan fingerprint density at radius 2 is 1.80 bits per heavy atom. The Labute approximate surface area is 91.3 Å². The highest BCUT2D eigenvalue weighted by molar-refractivity contribution is 5.27. The zero-order chi connectivity index (χ0) is 10.7. The quantitative estimate of drug-likeness (QED) is 0.770. The van der Waals surface area contributed by atoms with E-state index >= 15 is 0 Å². The topological polar surface area (TPSA) is 32.3 Å². The highest BCUT2D eigenvalue weighted by Gasteiger charge is 2.37. The van der Waals surface area contributed by atoms with Gasteiger partial charge in [0.05, 0.1) is 6.10 Å². The molecule has 0 aliphatic carbocycles. The van der Waals surface area contributed by atoms with Crippen molar-refractivity contribution in [3.05, 3.63) is 35.9 Å². The molecule has 1 aliphatic heterocycles. The molecule has 1 fully saturated rings. The lowest BCUT2D eigenvalue weighted by molar-refractivity contribution is 0.0732. The van der Waals surface area contributed by atoms with Gasteiger partial charge in [-0.3, -0.25) is 0 Å². The molecule has 1 heterocycles. The Balaban J connectivity index is 2.34. The molecule has 1 aliphatic rings. The van der Waals surface area contributed by atoms with Crippen LogP contribution in [0.4, 0.5) is 0 Å². The van der Waals surface area contributed by atoms with E-state index in [0.717, 1.165) is 25.9 Å². The molecule has 2 rings (SSSR count). The molecule has 0 radical (unpaired) electrons. The van der Waals surface area contributed by atoms with Gasteiger partial charge in [0.15, 0.2) is 0 Å². The average Bonchev–Trinajstić information content (AvgIpc) is 2.31. The Kier molecular flexibility index (Phi) is 3.08. The average molecular weight is 205 g/mol. The van der Waals surface area contributed by atoms with Gasteiger partial charge in [-0.15, -0.1) is 0 Å². The fourth-order valence-corrected chi connectivity index (χ4v) is 2.59. The van der Waals surface area contributed by atoms with Crippen LogP contribution in [0, 0.1) is 0 Å². The second-order valence-electron chi connectivity index (χ2n) is 4.45. The van der Waals surface area contributed by atoms with Gasteiger partial charge in [-0.2, -0.15) is 0 Å². The van der Waals surface area contributed by atoms with E-state index in [1.165, 1.54) is 5.56 Å². The van der Waals surface area contributed by atoms with E-state index in [1.54, 1.807) is 0 Å². The summed E-state index contributed by atoms with van der Waals surface area (Å²) < 4.78 is 0. The highest BCUT2D eigenvalue weighted by atomic mass is 16.3. The fraction of sp³-hybridized carbons (Fsp3) is 0.538. The van der Waals surface area contributed by atoms with Crippen molar-refractivity contribution in [1.82, 2.24) is 5.32 Å². The van der Waals surface area contributed by atoms with Crippen LogP contribution in [0.5, 0.6) is 0 Å². The summed E-state index contributed by atoms with van der Waals surface area (Å²) in [6.07, 6.45) is 1.77. The molecule has 82 valence electrons. The van der Waals surface area contributed by atoms with Gasteiger partial charge in [-0.25, -0.2) is 0 Å². The van der Waals surface area contributed by atoms with E-state index < -0.39 is 0 Å². The number of aliphatic hydroxyl groups excluding tert-OH is 1. The Bertz CT molecular complexity index is 302. The van der Waals surface area contributed by atoms with E-state index in [0.29, 0.717) is 0 Å². The molecule has 1 unspecified atom stereocenters. The Hall–Kier alpha value is -0.860. The number of nitrogens with one attached hydrogen (secondary N) is 1. The molecule has 2 N–H and O–H groups in total. The molecule has 1 aromatic rings. The standard InChI is InChI=1S/C13H19NO/c1-11(15)13(7-9-14-10-8-13)12-5-3-2-4-6-12/h2-6,11,14-15H,7-10H2,1H3. The molecule has 15 heavy (non-hydrogen) atoms. The summed E-state index contributed by atoms with van der Waals surface area (Å²) in [5, 5.41) is 13.4.